The van der Waals surface area contributed by atoms with Crippen molar-refractivity contribution in [2.45, 2.75) is 12.5 Å². The van der Waals surface area contributed by atoms with Crippen LogP contribution in [0.2, 0.25) is 5.02 Å². The highest BCUT2D eigenvalue weighted by atomic mass is 35.5. The largest absolute Gasteiger partial charge is 0.308 e. The Bertz CT molecular complexity index is 357. The zero-order chi connectivity index (χ0) is 12.1. The van der Waals surface area contributed by atoms with E-state index in [0.29, 0.717) is 6.04 Å². The summed E-state index contributed by atoms with van der Waals surface area (Å²) in [5.74, 6) is 0.742. The van der Waals surface area contributed by atoms with Crippen molar-refractivity contribution in [2.75, 3.05) is 32.1 Å². The van der Waals surface area contributed by atoms with Crippen molar-refractivity contribution in [1.29, 1.82) is 0 Å². The number of hydrogen-bond acceptors (Lipinski definition) is 2. The number of benzene rings is 1. The molecule has 2 rings (SSSR count). The molecule has 1 aromatic rings. The maximum absolute atomic E-state index is 6.03. The van der Waals surface area contributed by atoms with Crippen molar-refractivity contribution in [3.63, 3.8) is 0 Å². The number of nitrogens with one attached hydrogen (secondary N) is 1. The summed E-state index contributed by atoms with van der Waals surface area (Å²) in [6.45, 7) is 4.26. The maximum atomic E-state index is 6.03. The summed E-state index contributed by atoms with van der Waals surface area (Å²) in [6.07, 6.45) is 1.06. The molecule has 1 atom stereocenters. The lowest BCUT2D eigenvalue weighted by atomic mass is 10.0. The molecule has 0 bridgehead atoms. The second kappa shape index (κ2) is 6.60. The molecule has 0 radical (unpaired) electrons. The third-order valence-electron chi connectivity index (χ3n) is 3.12. The monoisotopic (exact) mass is 272 g/mol. The standard InChI is InChI=1S/C13H18Cl2N2/c14-5-2-7-17-8-6-16-13(10-17)11-3-1-4-12(15)9-11/h1,3-4,9,13,16H,2,5-8,10H2. The van der Waals surface area contributed by atoms with Gasteiger partial charge in [0, 0.05) is 36.6 Å². The van der Waals surface area contributed by atoms with Crippen LogP contribution in [-0.4, -0.2) is 37.0 Å². The molecule has 4 heteroatoms. The van der Waals surface area contributed by atoms with Gasteiger partial charge in [-0.3, -0.25) is 0 Å². The van der Waals surface area contributed by atoms with Gasteiger partial charge in [-0.1, -0.05) is 23.7 Å². The second-order valence-electron chi connectivity index (χ2n) is 4.40. The van der Waals surface area contributed by atoms with Crippen LogP contribution in [0.25, 0.3) is 0 Å². The van der Waals surface area contributed by atoms with Crippen molar-refractivity contribution in [2.24, 2.45) is 0 Å². The number of piperazine rings is 1. The minimum atomic E-state index is 0.387. The zero-order valence-corrected chi connectivity index (χ0v) is 11.3. The van der Waals surface area contributed by atoms with Gasteiger partial charge in [0.15, 0.2) is 0 Å². The third kappa shape index (κ3) is 3.85. The normalized spacial score (nSPS) is 21.6. The minimum Gasteiger partial charge on any atom is -0.308 e. The van der Waals surface area contributed by atoms with Gasteiger partial charge in [-0.25, -0.2) is 0 Å². The van der Waals surface area contributed by atoms with Crippen LogP contribution in [0.4, 0.5) is 0 Å². The van der Waals surface area contributed by atoms with Gasteiger partial charge < -0.3 is 10.2 Å². The second-order valence-corrected chi connectivity index (χ2v) is 5.22. The van der Waals surface area contributed by atoms with Gasteiger partial charge in [-0.05, 0) is 30.7 Å². The number of halogens is 2. The van der Waals surface area contributed by atoms with Crippen LogP contribution in [0.3, 0.4) is 0 Å². The van der Waals surface area contributed by atoms with Gasteiger partial charge in [0.05, 0.1) is 0 Å². The fraction of sp³-hybridized carbons (Fsp3) is 0.538. The first-order valence-corrected chi connectivity index (χ1v) is 6.98. The molecule has 1 N–H and O–H groups in total. The summed E-state index contributed by atoms with van der Waals surface area (Å²) in [7, 11) is 0. The first kappa shape index (κ1) is 13.2. The van der Waals surface area contributed by atoms with Gasteiger partial charge >= 0.3 is 0 Å². The molecular formula is C13H18Cl2N2. The Morgan fingerprint density at radius 2 is 2.29 bits per heavy atom. The Morgan fingerprint density at radius 3 is 3.06 bits per heavy atom. The predicted octanol–water partition coefficient (Wildman–Crippen LogP) is 2.92. The van der Waals surface area contributed by atoms with Crippen LogP contribution in [-0.2, 0) is 0 Å². The van der Waals surface area contributed by atoms with Crippen molar-refractivity contribution in [3.05, 3.63) is 34.9 Å². The fourth-order valence-corrected chi connectivity index (χ4v) is 2.56. The van der Waals surface area contributed by atoms with Gasteiger partial charge in [0.2, 0.25) is 0 Å². The van der Waals surface area contributed by atoms with E-state index in [9.17, 15) is 0 Å². The lowest BCUT2D eigenvalue weighted by Crippen LogP contribution is -2.46. The predicted molar refractivity (Wildman–Crippen MR) is 74.0 cm³/mol. The van der Waals surface area contributed by atoms with Crippen LogP contribution in [0, 0.1) is 0 Å². The highest BCUT2D eigenvalue weighted by molar-refractivity contribution is 6.30. The lowest BCUT2D eigenvalue weighted by molar-refractivity contribution is 0.201. The molecule has 17 heavy (non-hydrogen) atoms. The van der Waals surface area contributed by atoms with Gasteiger partial charge in [0.25, 0.3) is 0 Å². The zero-order valence-electron chi connectivity index (χ0n) is 9.83. The molecule has 1 aliphatic heterocycles. The summed E-state index contributed by atoms with van der Waals surface area (Å²) in [5.41, 5.74) is 1.27. The van der Waals surface area contributed by atoms with E-state index in [2.05, 4.69) is 16.3 Å². The van der Waals surface area contributed by atoms with E-state index in [1.54, 1.807) is 0 Å². The van der Waals surface area contributed by atoms with E-state index in [4.69, 9.17) is 23.2 Å². The number of alkyl halides is 1. The van der Waals surface area contributed by atoms with E-state index in [0.717, 1.165) is 43.5 Å². The molecule has 0 saturated carbocycles. The van der Waals surface area contributed by atoms with E-state index in [-0.39, 0.29) is 0 Å². The summed E-state index contributed by atoms with van der Waals surface area (Å²) >= 11 is 11.8. The highest BCUT2D eigenvalue weighted by Gasteiger charge is 2.20. The molecule has 0 aromatic heterocycles. The van der Waals surface area contributed by atoms with Crippen LogP contribution >= 0.6 is 23.2 Å². The molecule has 0 amide bonds. The van der Waals surface area contributed by atoms with E-state index in [1.807, 2.05) is 18.2 Å². The molecule has 94 valence electrons. The summed E-state index contributed by atoms with van der Waals surface area (Å²) in [6, 6.07) is 8.49. The van der Waals surface area contributed by atoms with Gasteiger partial charge in [-0.2, -0.15) is 0 Å². The molecule has 0 aliphatic carbocycles. The molecule has 1 aliphatic rings. The fourth-order valence-electron chi connectivity index (χ4n) is 2.24. The molecule has 2 nitrogen and oxygen atoms in total. The SMILES string of the molecule is ClCCCN1CCNC(c2cccc(Cl)c2)C1. The molecule has 1 saturated heterocycles. The minimum absolute atomic E-state index is 0.387. The Balaban J connectivity index is 1.97. The molecule has 1 fully saturated rings. The number of rotatable bonds is 4. The van der Waals surface area contributed by atoms with E-state index < -0.39 is 0 Å². The molecule has 0 spiro atoms. The third-order valence-corrected chi connectivity index (χ3v) is 3.62. The first-order chi connectivity index (χ1) is 8.29. The quantitative estimate of drug-likeness (QED) is 0.848. The Hall–Kier alpha value is -0.280. The Labute approximate surface area is 113 Å². The maximum Gasteiger partial charge on any atom is 0.0450 e. The smallest absolute Gasteiger partial charge is 0.0450 e. The molecule has 1 aromatic carbocycles. The first-order valence-electron chi connectivity index (χ1n) is 6.07. The Kier molecular flexibility index (Phi) is 5.11. The number of hydrogen-bond donors (Lipinski definition) is 1. The summed E-state index contributed by atoms with van der Waals surface area (Å²) < 4.78 is 0. The number of nitrogens with zero attached hydrogens (tertiary/aromatic N) is 1. The Morgan fingerprint density at radius 1 is 1.41 bits per heavy atom. The van der Waals surface area contributed by atoms with Crippen LogP contribution < -0.4 is 5.32 Å². The van der Waals surface area contributed by atoms with Crippen molar-refractivity contribution in [1.82, 2.24) is 10.2 Å². The summed E-state index contributed by atoms with van der Waals surface area (Å²) in [4.78, 5) is 2.46. The van der Waals surface area contributed by atoms with E-state index >= 15 is 0 Å². The van der Waals surface area contributed by atoms with E-state index in [1.165, 1.54) is 5.56 Å². The average Bonchev–Trinajstić information content (AvgIpc) is 2.37. The molecular weight excluding hydrogens is 255 g/mol. The van der Waals surface area contributed by atoms with Gasteiger partial charge in [-0.15, -0.1) is 11.6 Å². The van der Waals surface area contributed by atoms with Crippen LogP contribution in [0.15, 0.2) is 24.3 Å². The van der Waals surface area contributed by atoms with Gasteiger partial charge in [0.1, 0.15) is 0 Å². The van der Waals surface area contributed by atoms with Crippen molar-refractivity contribution >= 4 is 23.2 Å². The summed E-state index contributed by atoms with van der Waals surface area (Å²) in [5, 5.41) is 4.34. The topological polar surface area (TPSA) is 15.3 Å². The van der Waals surface area contributed by atoms with Crippen LogP contribution in [0.1, 0.15) is 18.0 Å². The molecule has 1 heterocycles. The average molecular weight is 273 g/mol. The highest BCUT2D eigenvalue weighted by Crippen LogP contribution is 2.20. The lowest BCUT2D eigenvalue weighted by Gasteiger charge is -2.33. The molecule has 1 unspecified atom stereocenters. The van der Waals surface area contributed by atoms with Crippen molar-refractivity contribution < 1.29 is 0 Å². The van der Waals surface area contributed by atoms with Crippen molar-refractivity contribution in [3.8, 4) is 0 Å². The van der Waals surface area contributed by atoms with Crippen LogP contribution in [0.5, 0.6) is 0 Å².